The Kier molecular flexibility index (Phi) is 2.45. The second kappa shape index (κ2) is 4.13. The van der Waals surface area contributed by atoms with Gasteiger partial charge in [-0.25, -0.2) is 9.55 Å². The van der Waals surface area contributed by atoms with E-state index in [0.29, 0.717) is 5.56 Å². The summed E-state index contributed by atoms with van der Waals surface area (Å²) in [6, 6.07) is 8.55. The van der Waals surface area contributed by atoms with Gasteiger partial charge < -0.3 is 5.73 Å². The van der Waals surface area contributed by atoms with Gasteiger partial charge in [0, 0.05) is 5.56 Å². The van der Waals surface area contributed by atoms with Crippen molar-refractivity contribution in [1.82, 2.24) is 19.5 Å². The average molecular weight is 257 g/mol. The molecule has 0 bridgehead atoms. The maximum absolute atomic E-state index is 13.2. The monoisotopic (exact) mass is 257 g/mol. The first-order valence-electron chi connectivity index (χ1n) is 5.42. The summed E-state index contributed by atoms with van der Waals surface area (Å²) in [5, 5.41) is 0. The first-order chi connectivity index (χ1) is 9.16. The van der Waals surface area contributed by atoms with Crippen molar-refractivity contribution in [2.24, 2.45) is 0 Å². The van der Waals surface area contributed by atoms with Gasteiger partial charge in [-0.1, -0.05) is 18.2 Å². The van der Waals surface area contributed by atoms with E-state index < -0.39 is 6.08 Å². The van der Waals surface area contributed by atoms with Gasteiger partial charge in [-0.3, -0.25) is 4.79 Å². The molecule has 3 rings (SSSR count). The van der Waals surface area contributed by atoms with Gasteiger partial charge in [-0.2, -0.15) is 14.4 Å². The highest BCUT2D eigenvalue weighted by molar-refractivity contribution is 6.01. The summed E-state index contributed by atoms with van der Waals surface area (Å²) in [7, 11) is 0. The molecule has 0 aliphatic heterocycles. The molecule has 0 unspecified atom stereocenters. The lowest BCUT2D eigenvalue weighted by molar-refractivity contribution is 0.0963. The molecule has 7 heteroatoms. The van der Waals surface area contributed by atoms with Crippen molar-refractivity contribution in [2.45, 2.75) is 0 Å². The number of hydrogen-bond acceptors (Lipinski definition) is 5. The summed E-state index contributed by atoms with van der Waals surface area (Å²) < 4.78 is 14.3. The van der Waals surface area contributed by atoms with Crippen LogP contribution in [0.25, 0.3) is 11.2 Å². The number of aromatic nitrogens is 4. The topological polar surface area (TPSA) is 86.7 Å². The number of anilines is 1. The Morgan fingerprint density at radius 1 is 1.21 bits per heavy atom. The van der Waals surface area contributed by atoms with Gasteiger partial charge in [0.25, 0.3) is 5.91 Å². The fourth-order valence-corrected chi connectivity index (χ4v) is 1.76. The zero-order valence-electron chi connectivity index (χ0n) is 9.62. The van der Waals surface area contributed by atoms with Gasteiger partial charge in [-0.05, 0) is 12.1 Å². The number of hydrogen-bond donors (Lipinski definition) is 1. The van der Waals surface area contributed by atoms with E-state index in [4.69, 9.17) is 5.73 Å². The number of benzene rings is 1. The lowest BCUT2D eigenvalue weighted by Crippen LogP contribution is -2.12. The standard InChI is InChI=1S/C12H8FN5O/c13-12-16-9(14)8-10(17-12)18(6-15-8)11(19)7-4-2-1-3-5-7/h1-6H,(H2,14,16,17). The van der Waals surface area contributed by atoms with Gasteiger partial charge in [0.05, 0.1) is 0 Å². The zero-order valence-corrected chi connectivity index (χ0v) is 9.62. The van der Waals surface area contributed by atoms with Crippen LogP contribution in [0.5, 0.6) is 0 Å². The molecule has 0 saturated heterocycles. The van der Waals surface area contributed by atoms with Crippen LogP contribution in [0, 0.1) is 6.08 Å². The number of nitrogens with two attached hydrogens (primary N) is 1. The Morgan fingerprint density at radius 3 is 2.68 bits per heavy atom. The summed E-state index contributed by atoms with van der Waals surface area (Å²) in [6.07, 6.45) is 0.261. The van der Waals surface area contributed by atoms with Crippen LogP contribution in [0.3, 0.4) is 0 Å². The molecule has 0 amide bonds. The van der Waals surface area contributed by atoms with E-state index in [2.05, 4.69) is 15.0 Å². The molecule has 0 saturated carbocycles. The highest BCUT2D eigenvalue weighted by Crippen LogP contribution is 2.16. The van der Waals surface area contributed by atoms with Crippen LogP contribution in [0.1, 0.15) is 10.4 Å². The first kappa shape index (κ1) is 11.3. The average Bonchev–Trinajstić information content (AvgIpc) is 2.83. The number of rotatable bonds is 1. The number of halogens is 1. The van der Waals surface area contributed by atoms with Gasteiger partial charge in [0.2, 0.25) is 0 Å². The van der Waals surface area contributed by atoms with Crippen molar-refractivity contribution in [3.05, 3.63) is 48.3 Å². The maximum atomic E-state index is 13.2. The molecule has 0 atom stereocenters. The van der Waals surface area contributed by atoms with Crippen molar-refractivity contribution < 1.29 is 9.18 Å². The molecule has 0 aliphatic carbocycles. The van der Waals surface area contributed by atoms with Gasteiger partial charge >= 0.3 is 6.08 Å². The number of fused-ring (bicyclic) bond motifs is 1. The molecular weight excluding hydrogens is 249 g/mol. The summed E-state index contributed by atoms with van der Waals surface area (Å²) in [6.45, 7) is 0. The van der Waals surface area contributed by atoms with Crippen molar-refractivity contribution in [3.8, 4) is 0 Å². The van der Waals surface area contributed by atoms with Crippen LogP contribution in [-0.2, 0) is 0 Å². The van der Waals surface area contributed by atoms with E-state index in [1.165, 1.54) is 6.33 Å². The Bertz CT molecular complexity index is 768. The molecule has 6 nitrogen and oxygen atoms in total. The number of carbonyl (C=O) groups is 1. The third kappa shape index (κ3) is 1.81. The number of nitrogen functional groups attached to an aromatic ring is 1. The van der Waals surface area contributed by atoms with E-state index in [9.17, 15) is 9.18 Å². The van der Waals surface area contributed by atoms with Crippen molar-refractivity contribution >= 4 is 22.9 Å². The minimum atomic E-state index is -0.993. The molecule has 2 heterocycles. The molecule has 0 aliphatic rings. The molecule has 0 radical (unpaired) electrons. The van der Waals surface area contributed by atoms with Crippen molar-refractivity contribution in [1.29, 1.82) is 0 Å². The van der Waals surface area contributed by atoms with Gasteiger partial charge in [0.1, 0.15) is 6.33 Å². The third-order valence-corrected chi connectivity index (χ3v) is 2.64. The molecule has 19 heavy (non-hydrogen) atoms. The number of carbonyl (C=O) groups excluding carboxylic acids is 1. The summed E-state index contributed by atoms with van der Waals surface area (Å²) >= 11 is 0. The largest absolute Gasteiger partial charge is 0.382 e. The summed E-state index contributed by atoms with van der Waals surface area (Å²) in [5.74, 6) is -0.456. The highest BCUT2D eigenvalue weighted by Gasteiger charge is 2.16. The van der Waals surface area contributed by atoms with Crippen LogP contribution < -0.4 is 5.73 Å². The molecule has 0 spiro atoms. The Balaban J connectivity index is 2.19. The SMILES string of the molecule is Nc1nc(F)nc2c1ncn2C(=O)c1ccccc1. The second-order valence-corrected chi connectivity index (χ2v) is 3.84. The van der Waals surface area contributed by atoms with E-state index >= 15 is 0 Å². The zero-order chi connectivity index (χ0) is 13.4. The van der Waals surface area contributed by atoms with Crippen molar-refractivity contribution in [3.63, 3.8) is 0 Å². The van der Waals surface area contributed by atoms with Crippen LogP contribution in [0.4, 0.5) is 10.2 Å². The van der Waals surface area contributed by atoms with E-state index in [1.807, 2.05) is 0 Å². The first-order valence-corrected chi connectivity index (χ1v) is 5.42. The maximum Gasteiger partial charge on any atom is 0.312 e. The smallest absolute Gasteiger partial charge is 0.312 e. The summed E-state index contributed by atoms with van der Waals surface area (Å²) in [4.78, 5) is 23.1. The van der Waals surface area contributed by atoms with Gasteiger partial charge in [-0.15, -0.1) is 0 Å². The molecule has 2 aromatic heterocycles. The Morgan fingerprint density at radius 2 is 1.95 bits per heavy atom. The van der Waals surface area contributed by atoms with E-state index in [0.717, 1.165) is 4.57 Å². The fraction of sp³-hybridized carbons (Fsp3) is 0. The minimum Gasteiger partial charge on any atom is -0.382 e. The van der Waals surface area contributed by atoms with Crippen LogP contribution in [0.2, 0.25) is 0 Å². The van der Waals surface area contributed by atoms with Gasteiger partial charge in [0.15, 0.2) is 17.0 Å². The molecule has 2 N–H and O–H groups in total. The van der Waals surface area contributed by atoms with E-state index in [-0.39, 0.29) is 22.9 Å². The minimum absolute atomic E-state index is 0.0545. The Hall–Kier alpha value is -2.83. The number of nitrogens with zero attached hydrogens (tertiary/aromatic N) is 4. The molecule has 94 valence electrons. The van der Waals surface area contributed by atoms with E-state index in [1.54, 1.807) is 30.3 Å². The number of imidazole rings is 1. The van der Waals surface area contributed by atoms with Crippen molar-refractivity contribution in [2.75, 3.05) is 5.73 Å². The highest BCUT2D eigenvalue weighted by atomic mass is 19.1. The predicted molar refractivity (Wildman–Crippen MR) is 65.9 cm³/mol. The lowest BCUT2D eigenvalue weighted by atomic mass is 10.2. The summed E-state index contributed by atoms with van der Waals surface area (Å²) in [5.41, 5.74) is 6.23. The normalized spacial score (nSPS) is 10.8. The molecule has 3 aromatic rings. The fourth-order valence-electron chi connectivity index (χ4n) is 1.76. The second-order valence-electron chi connectivity index (χ2n) is 3.84. The lowest BCUT2D eigenvalue weighted by Gasteiger charge is -2.02. The predicted octanol–water partition coefficient (Wildman–Crippen LogP) is 1.24. The van der Waals surface area contributed by atoms with Crippen LogP contribution in [0.15, 0.2) is 36.7 Å². The molecule has 1 aromatic carbocycles. The third-order valence-electron chi connectivity index (χ3n) is 2.64. The molecular formula is C12H8FN5O. The molecule has 0 fully saturated rings. The van der Waals surface area contributed by atoms with Crippen LogP contribution >= 0.6 is 0 Å². The Labute approximate surface area is 106 Å². The quantitative estimate of drug-likeness (QED) is 0.663. The van der Waals surface area contributed by atoms with Crippen LogP contribution in [-0.4, -0.2) is 25.4 Å².